The van der Waals surface area contributed by atoms with Gasteiger partial charge in [0, 0.05) is 0 Å². The van der Waals surface area contributed by atoms with E-state index >= 15 is 0 Å². The number of benzene rings is 1. The molecule has 0 spiro atoms. The maximum absolute atomic E-state index is 11.4. The van der Waals surface area contributed by atoms with Crippen LogP contribution >= 0.6 is 12.4 Å². The zero-order valence-corrected chi connectivity index (χ0v) is 9.78. The van der Waals surface area contributed by atoms with E-state index in [1.165, 1.54) is 6.21 Å². The van der Waals surface area contributed by atoms with Crippen LogP contribution < -0.4 is 0 Å². The largest absolute Gasteiger partial charge is 0.456 e. The van der Waals surface area contributed by atoms with Crippen LogP contribution in [0, 0.1) is 0 Å². The normalized spacial score (nSPS) is 9.56. The Morgan fingerprint density at radius 1 is 1.38 bits per heavy atom. The molecule has 4 nitrogen and oxygen atoms in total. The second kappa shape index (κ2) is 8.73. The zero-order chi connectivity index (χ0) is 10.9. The summed E-state index contributed by atoms with van der Waals surface area (Å²) in [4.78, 5) is 16.1. The fourth-order valence-electron chi connectivity index (χ4n) is 0.928. The average Bonchev–Trinajstić information content (AvgIpc) is 2.30. The van der Waals surface area contributed by atoms with Gasteiger partial charge in [0.05, 0.1) is 11.8 Å². The smallest absolute Gasteiger partial charge is 0.338 e. The first-order chi connectivity index (χ1) is 7.34. The molecule has 0 aliphatic rings. The van der Waals surface area contributed by atoms with Crippen LogP contribution in [-0.2, 0) is 9.57 Å². The van der Waals surface area contributed by atoms with Crippen LogP contribution in [0.3, 0.4) is 0 Å². The Bertz CT molecular complexity index is 327. The van der Waals surface area contributed by atoms with Crippen LogP contribution in [0.15, 0.2) is 35.5 Å². The van der Waals surface area contributed by atoms with E-state index in [0.29, 0.717) is 12.2 Å². The molecule has 1 aromatic carbocycles. The molecule has 0 aliphatic carbocycles. The molecule has 0 aromatic heterocycles. The Labute approximate surface area is 101 Å². The van der Waals surface area contributed by atoms with Gasteiger partial charge in [-0.3, -0.25) is 0 Å². The van der Waals surface area contributed by atoms with Crippen molar-refractivity contribution in [1.29, 1.82) is 0 Å². The van der Waals surface area contributed by atoms with Gasteiger partial charge in [-0.2, -0.15) is 0 Å². The van der Waals surface area contributed by atoms with Gasteiger partial charge in [-0.05, 0) is 19.1 Å². The molecule has 0 N–H and O–H groups in total. The van der Waals surface area contributed by atoms with Crippen molar-refractivity contribution < 1.29 is 14.4 Å². The number of rotatable bonds is 5. The Morgan fingerprint density at radius 2 is 2.06 bits per heavy atom. The van der Waals surface area contributed by atoms with Crippen LogP contribution in [-0.4, -0.2) is 25.4 Å². The molecule has 5 heteroatoms. The molecule has 1 rings (SSSR count). The number of esters is 1. The third-order valence-electron chi connectivity index (χ3n) is 1.58. The topological polar surface area (TPSA) is 47.9 Å². The van der Waals surface area contributed by atoms with Crippen LogP contribution in [0.5, 0.6) is 0 Å². The molecule has 0 heterocycles. The molecular weight excluding hydrogens is 230 g/mol. The molecular formula is C11H14ClNO3. The first kappa shape index (κ1) is 14.5. The van der Waals surface area contributed by atoms with E-state index in [2.05, 4.69) is 5.16 Å². The van der Waals surface area contributed by atoms with Crippen LogP contribution in [0.4, 0.5) is 0 Å². The highest BCUT2D eigenvalue weighted by Gasteiger charge is 2.03. The van der Waals surface area contributed by atoms with Crippen molar-refractivity contribution in [2.45, 2.75) is 6.92 Å². The maximum atomic E-state index is 11.4. The fourth-order valence-corrected chi connectivity index (χ4v) is 0.928. The second-order valence-electron chi connectivity index (χ2n) is 2.67. The van der Waals surface area contributed by atoms with Crippen molar-refractivity contribution >= 4 is 24.6 Å². The summed E-state index contributed by atoms with van der Waals surface area (Å²) in [5.74, 6) is -0.362. The maximum Gasteiger partial charge on any atom is 0.338 e. The molecule has 1 aromatic rings. The van der Waals surface area contributed by atoms with Gasteiger partial charge in [-0.25, -0.2) is 4.79 Å². The first-order valence-electron chi connectivity index (χ1n) is 4.70. The highest BCUT2D eigenvalue weighted by molar-refractivity contribution is 5.90. The molecule has 16 heavy (non-hydrogen) atoms. The van der Waals surface area contributed by atoms with E-state index < -0.39 is 0 Å². The lowest BCUT2D eigenvalue weighted by Gasteiger charge is -2.00. The Kier molecular flexibility index (Phi) is 7.89. The molecule has 0 radical (unpaired) electrons. The van der Waals surface area contributed by atoms with E-state index in [1.807, 2.05) is 13.0 Å². The summed E-state index contributed by atoms with van der Waals surface area (Å²) >= 11 is 0. The quantitative estimate of drug-likeness (QED) is 0.453. The number of carbonyl (C=O) groups excluding carboxylic acids is 1. The van der Waals surface area contributed by atoms with Crippen LogP contribution in [0.2, 0.25) is 0 Å². The van der Waals surface area contributed by atoms with Crippen molar-refractivity contribution in [2.24, 2.45) is 5.16 Å². The Hall–Kier alpha value is -1.55. The van der Waals surface area contributed by atoms with Gasteiger partial charge in [-0.1, -0.05) is 23.4 Å². The van der Waals surface area contributed by atoms with Gasteiger partial charge < -0.3 is 9.57 Å². The SMILES string of the molecule is CCON=CCOC(=O)c1ccccc1.Cl. The highest BCUT2D eigenvalue weighted by Crippen LogP contribution is 2.00. The molecule has 88 valence electrons. The number of ether oxygens (including phenoxy) is 1. The molecule has 0 saturated heterocycles. The van der Waals surface area contributed by atoms with E-state index in [-0.39, 0.29) is 25.0 Å². The summed E-state index contributed by atoms with van der Waals surface area (Å²) in [5, 5.41) is 3.55. The first-order valence-corrected chi connectivity index (χ1v) is 4.70. The highest BCUT2D eigenvalue weighted by atomic mass is 35.5. The van der Waals surface area contributed by atoms with Crippen molar-refractivity contribution in [3.8, 4) is 0 Å². The van der Waals surface area contributed by atoms with Crippen molar-refractivity contribution in [1.82, 2.24) is 0 Å². The van der Waals surface area contributed by atoms with E-state index in [1.54, 1.807) is 24.3 Å². The predicted molar refractivity (Wildman–Crippen MR) is 64.1 cm³/mol. The molecule has 0 atom stereocenters. The summed E-state index contributed by atoms with van der Waals surface area (Å²) < 4.78 is 4.91. The number of carbonyl (C=O) groups is 1. The van der Waals surface area contributed by atoms with Crippen LogP contribution in [0.1, 0.15) is 17.3 Å². The molecule has 0 bridgehead atoms. The standard InChI is InChI=1S/C11H13NO3.ClH/c1-2-15-12-8-9-14-11(13)10-6-4-3-5-7-10;/h3-8H,2,9H2,1H3;1H. The number of hydrogen-bond donors (Lipinski definition) is 0. The van der Waals surface area contributed by atoms with E-state index in [0.717, 1.165) is 0 Å². The minimum atomic E-state index is -0.362. The number of halogens is 1. The van der Waals surface area contributed by atoms with Gasteiger partial charge in [-0.15, -0.1) is 12.4 Å². The fraction of sp³-hybridized carbons (Fsp3) is 0.273. The lowest BCUT2D eigenvalue weighted by molar-refractivity contribution is 0.0563. The third-order valence-corrected chi connectivity index (χ3v) is 1.58. The van der Waals surface area contributed by atoms with Gasteiger partial charge >= 0.3 is 5.97 Å². The summed E-state index contributed by atoms with van der Waals surface area (Å²) in [6.07, 6.45) is 1.41. The predicted octanol–water partition coefficient (Wildman–Crippen LogP) is 2.29. The average molecular weight is 244 g/mol. The summed E-state index contributed by atoms with van der Waals surface area (Å²) in [6.45, 7) is 2.45. The third kappa shape index (κ3) is 5.36. The minimum absolute atomic E-state index is 0. The number of oxime groups is 1. The second-order valence-corrected chi connectivity index (χ2v) is 2.67. The minimum Gasteiger partial charge on any atom is -0.456 e. The zero-order valence-electron chi connectivity index (χ0n) is 8.96. The van der Waals surface area contributed by atoms with Crippen molar-refractivity contribution in [2.75, 3.05) is 13.2 Å². The lowest BCUT2D eigenvalue weighted by atomic mass is 10.2. The monoisotopic (exact) mass is 243 g/mol. The lowest BCUT2D eigenvalue weighted by Crippen LogP contribution is -2.06. The Balaban J connectivity index is 0.00000225. The van der Waals surface area contributed by atoms with Gasteiger partial charge in [0.25, 0.3) is 0 Å². The summed E-state index contributed by atoms with van der Waals surface area (Å²) in [7, 11) is 0. The molecule has 0 saturated carbocycles. The van der Waals surface area contributed by atoms with E-state index in [4.69, 9.17) is 9.57 Å². The summed E-state index contributed by atoms with van der Waals surface area (Å²) in [6, 6.07) is 8.80. The number of nitrogens with zero attached hydrogens (tertiary/aromatic N) is 1. The van der Waals surface area contributed by atoms with Gasteiger partial charge in [0.2, 0.25) is 0 Å². The van der Waals surface area contributed by atoms with E-state index in [9.17, 15) is 4.79 Å². The molecule has 0 unspecified atom stereocenters. The van der Waals surface area contributed by atoms with Gasteiger partial charge in [0.15, 0.2) is 0 Å². The van der Waals surface area contributed by atoms with Crippen molar-refractivity contribution in [3.05, 3.63) is 35.9 Å². The molecule has 0 amide bonds. The molecule has 0 aliphatic heterocycles. The molecule has 0 fully saturated rings. The summed E-state index contributed by atoms with van der Waals surface area (Å²) in [5.41, 5.74) is 0.530. The van der Waals surface area contributed by atoms with Gasteiger partial charge in [0.1, 0.15) is 13.2 Å². The van der Waals surface area contributed by atoms with Crippen LogP contribution in [0.25, 0.3) is 0 Å². The Morgan fingerprint density at radius 3 is 2.69 bits per heavy atom. The van der Waals surface area contributed by atoms with Crippen molar-refractivity contribution in [3.63, 3.8) is 0 Å². The number of hydrogen-bond acceptors (Lipinski definition) is 4.